The van der Waals surface area contributed by atoms with E-state index >= 15 is 0 Å². The lowest BCUT2D eigenvalue weighted by Gasteiger charge is -2.15. The summed E-state index contributed by atoms with van der Waals surface area (Å²) >= 11 is 0. The van der Waals surface area contributed by atoms with Crippen LogP contribution in [0.5, 0.6) is 11.5 Å². The molecule has 1 heterocycles. The van der Waals surface area contributed by atoms with Crippen molar-refractivity contribution in [3.8, 4) is 22.6 Å². The summed E-state index contributed by atoms with van der Waals surface area (Å²) in [7, 11) is 3.04. The van der Waals surface area contributed by atoms with Crippen LogP contribution in [0.25, 0.3) is 16.7 Å². The molecule has 1 aromatic heterocycles. The number of carbonyl (C=O) groups is 2. The number of Topliss-reactive ketones (excluding diaryl/α,β-unsaturated/α-hetero) is 1. The number of aromatic amines is 1. The first-order valence-electron chi connectivity index (χ1n) is 8.28. The van der Waals surface area contributed by atoms with Crippen LogP contribution in [0.15, 0.2) is 55.4 Å². The van der Waals surface area contributed by atoms with Gasteiger partial charge in [0.2, 0.25) is 0 Å². The van der Waals surface area contributed by atoms with Crippen molar-refractivity contribution in [1.82, 2.24) is 10.2 Å². The highest BCUT2D eigenvalue weighted by Gasteiger charge is 2.20. The van der Waals surface area contributed by atoms with E-state index in [1.807, 2.05) is 0 Å². The molecule has 0 amide bonds. The Balaban J connectivity index is 2.03. The standard InChI is InChI=1S/C21H18N2O5/c1-12(20(24)13-4-6-14(7-5-13)21(25)26)16-8-17(15-10-22-23-11-15)19(28-3)9-18(16)27-2/h4-11H,1H2,2-3H3,(H,22,23)(H,25,26). The molecule has 142 valence electrons. The van der Waals surface area contributed by atoms with Crippen molar-refractivity contribution < 1.29 is 24.2 Å². The number of methoxy groups -OCH3 is 2. The smallest absolute Gasteiger partial charge is 0.335 e. The SMILES string of the molecule is C=C(C(=O)c1ccc(C(=O)O)cc1)c1cc(-c2cn[nH]c2)c(OC)cc1OC. The van der Waals surface area contributed by atoms with E-state index in [-0.39, 0.29) is 16.9 Å². The van der Waals surface area contributed by atoms with Crippen LogP contribution in [0.3, 0.4) is 0 Å². The molecule has 0 atom stereocenters. The monoisotopic (exact) mass is 378 g/mol. The number of carbonyl (C=O) groups excluding carboxylic acids is 1. The number of carboxylic acid groups (broad SMARTS) is 1. The number of hydrogen-bond donors (Lipinski definition) is 2. The van der Waals surface area contributed by atoms with Crippen molar-refractivity contribution in [2.75, 3.05) is 14.2 Å². The summed E-state index contributed by atoms with van der Waals surface area (Å²) in [5.74, 6) is -0.393. The van der Waals surface area contributed by atoms with Crippen LogP contribution < -0.4 is 9.47 Å². The van der Waals surface area contributed by atoms with Gasteiger partial charge >= 0.3 is 5.97 Å². The number of carboxylic acids is 1. The van der Waals surface area contributed by atoms with E-state index in [0.717, 1.165) is 11.1 Å². The number of aromatic nitrogens is 2. The zero-order valence-corrected chi connectivity index (χ0v) is 15.4. The van der Waals surface area contributed by atoms with E-state index in [1.54, 1.807) is 31.6 Å². The number of nitrogens with zero attached hydrogens (tertiary/aromatic N) is 1. The molecule has 0 aliphatic heterocycles. The van der Waals surface area contributed by atoms with Gasteiger partial charge in [-0.3, -0.25) is 9.89 Å². The molecule has 0 bridgehead atoms. The number of hydrogen-bond acceptors (Lipinski definition) is 5. The second-order valence-electron chi connectivity index (χ2n) is 5.93. The van der Waals surface area contributed by atoms with Crippen LogP contribution in [0.1, 0.15) is 26.3 Å². The molecular weight excluding hydrogens is 360 g/mol. The van der Waals surface area contributed by atoms with Gasteiger partial charge in [0.05, 0.1) is 26.0 Å². The summed E-state index contributed by atoms with van der Waals surface area (Å²) < 4.78 is 10.9. The molecule has 0 saturated heterocycles. The first kappa shape index (κ1) is 18.9. The van der Waals surface area contributed by atoms with Gasteiger partial charge in [-0.25, -0.2) is 4.79 Å². The maximum Gasteiger partial charge on any atom is 0.335 e. The van der Waals surface area contributed by atoms with Crippen molar-refractivity contribution in [2.45, 2.75) is 0 Å². The number of H-pyrrole nitrogens is 1. The predicted molar refractivity (Wildman–Crippen MR) is 104 cm³/mol. The van der Waals surface area contributed by atoms with Gasteiger partial charge in [0.15, 0.2) is 5.78 Å². The van der Waals surface area contributed by atoms with Crippen LogP contribution >= 0.6 is 0 Å². The third-order valence-corrected chi connectivity index (χ3v) is 4.32. The van der Waals surface area contributed by atoms with Gasteiger partial charge in [0.25, 0.3) is 0 Å². The number of aromatic carboxylic acids is 1. The topological polar surface area (TPSA) is 102 Å². The van der Waals surface area contributed by atoms with E-state index in [0.29, 0.717) is 22.6 Å². The van der Waals surface area contributed by atoms with Crippen LogP contribution in [0.4, 0.5) is 0 Å². The van der Waals surface area contributed by atoms with Crippen molar-refractivity contribution in [2.24, 2.45) is 0 Å². The molecule has 0 radical (unpaired) electrons. The molecule has 3 aromatic rings. The molecule has 0 aliphatic carbocycles. The Kier molecular flexibility index (Phi) is 5.26. The minimum atomic E-state index is -1.06. The first-order chi connectivity index (χ1) is 13.5. The zero-order valence-electron chi connectivity index (χ0n) is 15.4. The van der Waals surface area contributed by atoms with E-state index < -0.39 is 5.97 Å². The lowest BCUT2D eigenvalue weighted by atomic mass is 9.94. The molecule has 7 heteroatoms. The quantitative estimate of drug-likeness (QED) is 0.480. The molecular formula is C21H18N2O5. The van der Waals surface area contributed by atoms with Crippen molar-refractivity contribution in [3.05, 3.63) is 72.1 Å². The van der Waals surface area contributed by atoms with Gasteiger partial charge in [-0.15, -0.1) is 0 Å². The fourth-order valence-electron chi connectivity index (χ4n) is 2.82. The average Bonchev–Trinajstić information content (AvgIpc) is 3.26. The molecule has 28 heavy (non-hydrogen) atoms. The first-order valence-corrected chi connectivity index (χ1v) is 8.28. The Bertz CT molecular complexity index is 1040. The Labute approximate surface area is 161 Å². The molecule has 2 N–H and O–H groups in total. The van der Waals surface area contributed by atoms with Gasteiger partial charge in [0.1, 0.15) is 11.5 Å². The predicted octanol–water partition coefficient (Wildman–Crippen LogP) is 3.69. The second kappa shape index (κ2) is 7.79. The fraction of sp³-hybridized carbons (Fsp3) is 0.0952. The molecule has 7 nitrogen and oxygen atoms in total. The van der Waals surface area contributed by atoms with E-state index in [4.69, 9.17) is 14.6 Å². The molecule has 2 aromatic carbocycles. The highest BCUT2D eigenvalue weighted by atomic mass is 16.5. The minimum absolute atomic E-state index is 0.103. The van der Waals surface area contributed by atoms with Crippen molar-refractivity contribution in [1.29, 1.82) is 0 Å². The Morgan fingerprint density at radius 2 is 1.68 bits per heavy atom. The highest BCUT2D eigenvalue weighted by Crippen LogP contribution is 2.39. The third kappa shape index (κ3) is 3.50. The van der Waals surface area contributed by atoms with Crippen LogP contribution in [0, 0.1) is 0 Å². The second-order valence-corrected chi connectivity index (χ2v) is 5.93. The van der Waals surface area contributed by atoms with Gasteiger partial charge in [-0.2, -0.15) is 5.10 Å². The largest absolute Gasteiger partial charge is 0.496 e. The lowest BCUT2D eigenvalue weighted by Crippen LogP contribution is -2.05. The van der Waals surface area contributed by atoms with Crippen LogP contribution in [-0.2, 0) is 0 Å². The van der Waals surface area contributed by atoms with E-state index in [1.165, 1.54) is 31.4 Å². The zero-order chi connectivity index (χ0) is 20.3. The Morgan fingerprint density at radius 3 is 2.21 bits per heavy atom. The number of benzene rings is 2. The van der Waals surface area contributed by atoms with Gasteiger partial charge in [-0.1, -0.05) is 18.7 Å². The van der Waals surface area contributed by atoms with Crippen LogP contribution in [-0.4, -0.2) is 41.3 Å². The molecule has 0 saturated carbocycles. The third-order valence-electron chi connectivity index (χ3n) is 4.32. The summed E-state index contributed by atoms with van der Waals surface area (Å²) in [6, 6.07) is 9.13. The normalized spacial score (nSPS) is 10.4. The molecule has 0 fully saturated rings. The molecule has 0 spiro atoms. The maximum absolute atomic E-state index is 12.9. The summed E-state index contributed by atoms with van der Waals surface area (Å²) in [4.78, 5) is 23.9. The number of allylic oxidation sites excluding steroid dienone is 1. The maximum atomic E-state index is 12.9. The molecule has 0 unspecified atom stereocenters. The van der Waals surface area contributed by atoms with Gasteiger partial charge < -0.3 is 14.6 Å². The van der Waals surface area contributed by atoms with E-state index in [9.17, 15) is 9.59 Å². The van der Waals surface area contributed by atoms with Gasteiger partial charge in [-0.05, 0) is 18.2 Å². The summed E-state index contributed by atoms with van der Waals surface area (Å²) in [6.07, 6.45) is 3.35. The molecule has 3 rings (SSSR count). The Hall–Kier alpha value is -3.87. The number of rotatable bonds is 7. The lowest BCUT2D eigenvalue weighted by molar-refractivity contribution is 0.0696. The summed E-state index contributed by atoms with van der Waals surface area (Å²) in [5.41, 5.74) is 2.66. The van der Waals surface area contributed by atoms with Crippen LogP contribution in [0.2, 0.25) is 0 Å². The highest BCUT2D eigenvalue weighted by molar-refractivity contribution is 6.29. The van der Waals surface area contributed by atoms with Gasteiger partial charge in [0, 0.05) is 40.1 Å². The average molecular weight is 378 g/mol. The fourth-order valence-corrected chi connectivity index (χ4v) is 2.82. The van der Waals surface area contributed by atoms with Crippen molar-refractivity contribution in [3.63, 3.8) is 0 Å². The Morgan fingerprint density at radius 1 is 1.04 bits per heavy atom. The number of ether oxygens (including phenoxy) is 2. The summed E-state index contributed by atoms with van der Waals surface area (Å²) in [6.45, 7) is 3.94. The summed E-state index contributed by atoms with van der Waals surface area (Å²) in [5, 5.41) is 15.7. The number of ketones is 1. The number of nitrogens with one attached hydrogen (secondary N) is 1. The molecule has 0 aliphatic rings. The van der Waals surface area contributed by atoms with Crippen molar-refractivity contribution >= 4 is 17.3 Å². The minimum Gasteiger partial charge on any atom is -0.496 e. The van der Waals surface area contributed by atoms with E-state index in [2.05, 4.69) is 16.8 Å².